The predicted molar refractivity (Wildman–Crippen MR) is 93.5 cm³/mol. The lowest BCUT2D eigenvalue weighted by molar-refractivity contribution is 0.289. The number of rotatable bonds is 3. The Morgan fingerprint density at radius 2 is 1.68 bits per heavy atom. The SMILES string of the molecule is Cc1ccc(-c2ccc(CC3CCC(C)CC3)cc2)c(F)c1.[HH]. The monoisotopic (exact) mass is 298 g/mol. The molecule has 0 heterocycles. The van der Waals surface area contributed by atoms with E-state index >= 15 is 0 Å². The van der Waals surface area contributed by atoms with Crippen molar-refractivity contribution in [2.45, 2.75) is 46.0 Å². The summed E-state index contributed by atoms with van der Waals surface area (Å²) in [5, 5.41) is 0. The zero-order valence-electron chi connectivity index (χ0n) is 13.6. The second kappa shape index (κ2) is 6.64. The quantitative estimate of drug-likeness (QED) is 0.613. The van der Waals surface area contributed by atoms with Crippen LogP contribution in [0.3, 0.4) is 0 Å². The summed E-state index contributed by atoms with van der Waals surface area (Å²) >= 11 is 0. The maximum atomic E-state index is 14.0. The first-order chi connectivity index (χ1) is 10.6. The molecule has 0 saturated heterocycles. The van der Waals surface area contributed by atoms with Gasteiger partial charge in [0.1, 0.15) is 5.82 Å². The van der Waals surface area contributed by atoms with E-state index in [9.17, 15) is 4.39 Å². The van der Waals surface area contributed by atoms with Crippen LogP contribution in [0.2, 0.25) is 0 Å². The molecular weight excluding hydrogens is 271 g/mol. The van der Waals surface area contributed by atoms with Gasteiger partial charge in [-0.25, -0.2) is 4.39 Å². The molecule has 0 nitrogen and oxygen atoms in total. The average Bonchev–Trinajstić information content (AvgIpc) is 2.51. The zero-order chi connectivity index (χ0) is 15.5. The molecule has 0 bridgehead atoms. The van der Waals surface area contributed by atoms with Gasteiger partial charge >= 0.3 is 0 Å². The molecule has 1 saturated carbocycles. The minimum absolute atomic E-state index is 0. The van der Waals surface area contributed by atoms with Gasteiger partial charge in [-0.15, -0.1) is 0 Å². The Bertz CT molecular complexity index is 625. The van der Waals surface area contributed by atoms with Crippen molar-refractivity contribution in [2.75, 3.05) is 0 Å². The second-order valence-electron chi connectivity index (χ2n) is 7.01. The van der Waals surface area contributed by atoms with Crippen molar-refractivity contribution in [3.63, 3.8) is 0 Å². The van der Waals surface area contributed by atoms with E-state index in [1.807, 2.05) is 19.1 Å². The highest BCUT2D eigenvalue weighted by Gasteiger charge is 2.18. The van der Waals surface area contributed by atoms with Crippen molar-refractivity contribution >= 4 is 0 Å². The summed E-state index contributed by atoms with van der Waals surface area (Å²) in [6.07, 6.45) is 6.63. The molecule has 3 rings (SSSR count). The van der Waals surface area contributed by atoms with E-state index in [-0.39, 0.29) is 7.24 Å². The maximum Gasteiger partial charge on any atom is 0.131 e. The van der Waals surface area contributed by atoms with E-state index in [0.29, 0.717) is 5.56 Å². The van der Waals surface area contributed by atoms with Crippen LogP contribution in [0.4, 0.5) is 4.39 Å². The van der Waals surface area contributed by atoms with Crippen LogP contribution in [-0.2, 0) is 6.42 Å². The summed E-state index contributed by atoms with van der Waals surface area (Å²) in [5.41, 5.74) is 4.02. The maximum absolute atomic E-state index is 14.0. The first-order valence-corrected chi connectivity index (χ1v) is 8.47. The Hall–Kier alpha value is -1.63. The highest BCUT2D eigenvalue weighted by molar-refractivity contribution is 5.64. The van der Waals surface area contributed by atoms with Crippen LogP contribution >= 0.6 is 0 Å². The van der Waals surface area contributed by atoms with E-state index in [2.05, 4.69) is 31.2 Å². The average molecular weight is 298 g/mol. The minimum atomic E-state index is -0.131. The van der Waals surface area contributed by atoms with Gasteiger partial charge in [0.2, 0.25) is 0 Å². The molecule has 1 heteroatoms. The molecule has 0 spiro atoms. The Morgan fingerprint density at radius 3 is 2.32 bits per heavy atom. The third kappa shape index (κ3) is 3.58. The number of aryl methyl sites for hydroxylation is 1. The standard InChI is InChI=1S/C21H25F.H2/c1-15-3-6-17(7-4-15)14-18-8-10-19(11-9-18)20-12-5-16(2)13-21(20)22;/h5,8-13,15,17H,3-4,6-7,14H2,1-2H3;1H. The van der Waals surface area contributed by atoms with Gasteiger partial charge in [0.15, 0.2) is 0 Å². The first kappa shape index (κ1) is 15.3. The van der Waals surface area contributed by atoms with Crippen LogP contribution < -0.4 is 0 Å². The predicted octanol–water partition coefficient (Wildman–Crippen LogP) is 6.42. The van der Waals surface area contributed by atoms with Crippen molar-refractivity contribution in [1.82, 2.24) is 0 Å². The molecular formula is C21H27F. The smallest absolute Gasteiger partial charge is 0.131 e. The van der Waals surface area contributed by atoms with Crippen LogP contribution in [-0.4, -0.2) is 0 Å². The van der Waals surface area contributed by atoms with Crippen molar-refractivity contribution in [3.05, 3.63) is 59.4 Å². The van der Waals surface area contributed by atoms with E-state index in [4.69, 9.17) is 0 Å². The molecule has 1 aliphatic rings. The lowest BCUT2D eigenvalue weighted by Crippen LogP contribution is -2.14. The molecule has 0 unspecified atom stereocenters. The van der Waals surface area contributed by atoms with Crippen molar-refractivity contribution < 1.29 is 5.82 Å². The molecule has 2 aromatic carbocycles. The fourth-order valence-electron chi connectivity index (χ4n) is 3.54. The molecule has 2 aromatic rings. The Balaban J connectivity index is 0.00000192. The number of hydrogen-bond donors (Lipinski definition) is 0. The lowest BCUT2D eigenvalue weighted by atomic mass is 9.80. The zero-order valence-corrected chi connectivity index (χ0v) is 13.6. The number of halogens is 1. The molecule has 118 valence electrons. The lowest BCUT2D eigenvalue weighted by Gasteiger charge is -2.26. The van der Waals surface area contributed by atoms with Crippen LogP contribution in [0.5, 0.6) is 0 Å². The van der Waals surface area contributed by atoms with Crippen LogP contribution in [0, 0.1) is 24.6 Å². The minimum Gasteiger partial charge on any atom is -0.206 e. The van der Waals surface area contributed by atoms with Gasteiger partial charge < -0.3 is 0 Å². The third-order valence-electron chi connectivity index (χ3n) is 5.05. The third-order valence-corrected chi connectivity index (χ3v) is 5.05. The van der Waals surface area contributed by atoms with Gasteiger partial charge in [-0.3, -0.25) is 0 Å². The topological polar surface area (TPSA) is 0 Å². The molecule has 0 N–H and O–H groups in total. The largest absolute Gasteiger partial charge is 0.206 e. The molecule has 0 aliphatic heterocycles. The van der Waals surface area contributed by atoms with Crippen molar-refractivity contribution in [2.24, 2.45) is 11.8 Å². The van der Waals surface area contributed by atoms with E-state index in [0.717, 1.165) is 23.0 Å². The summed E-state index contributed by atoms with van der Waals surface area (Å²) in [6.45, 7) is 4.28. The van der Waals surface area contributed by atoms with Gasteiger partial charge in [-0.05, 0) is 60.8 Å². The number of benzene rings is 2. The summed E-state index contributed by atoms with van der Waals surface area (Å²) < 4.78 is 14.0. The summed E-state index contributed by atoms with van der Waals surface area (Å²) in [5.74, 6) is 1.61. The van der Waals surface area contributed by atoms with E-state index in [1.165, 1.54) is 37.7 Å². The Labute approximate surface area is 134 Å². The molecule has 1 fully saturated rings. The van der Waals surface area contributed by atoms with Crippen LogP contribution in [0.1, 0.15) is 45.2 Å². The van der Waals surface area contributed by atoms with Crippen molar-refractivity contribution in [3.8, 4) is 11.1 Å². The first-order valence-electron chi connectivity index (χ1n) is 8.47. The van der Waals surface area contributed by atoms with Gasteiger partial charge in [0, 0.05) is 6.99 Å². The number of hydrogen-bond acceptors (Lipinski definition) is 0. The van der Waals surface area contributed by atoms with Crippen LogP contribution in [0.15, 0.2) is 42.5 Å². The molecule has 0 radical (unpaired) electrons. The van der Waals surface area contributed by atoms with E-state index in [1.54, 1.807) is 6.07 Å². The highest BCUT2D eigenvalue weighted by Crippen LogP contribution is 2.31. The summed E-state index contributed by atoms with van der Waals surface area (Å²) in [6, 6.07) is 13.9. The van der Waals surface area contributed by atoms with Crippen molar-refractivity contribution in [1.29, 1.82) is 0 Å². The molecule has 0 aromatic heterocycles. The normalized spacial score (nSPS) is 21.8. The summed E-state index contributed by atoms with van der Waals surface area (Å²) in [4.78, 5) is 0. The van der Waals surface area contributed by atoms with Gasteiger partial charge in [-0.1, -0.05) is 56.2 Å². The van der Waals surface area contributed by atoms with Gasteiger partial charge in [-0.2, -0.15) is 0 Å². The highest BCUT2D eigenvalue weighted by atomic mass is 19.1. The molecule has 1 aliphatic carbocycles. The fraction of sp³-hybridized carbons (Fsp3) is 0.429. The second-order valence-corrected chi connectivity index (χ2v) is 7.01. The Kier molecular flexibility index (Phi) is 4.61. The molecule has 0 amide bonds. The molecule has 0 atom stereocenters. The van der Waals surface area contributed by atoms with E-state index < -0.39 is 0 Å². The Morgan fingerprint density at radius 1 is 1.00 bits per heavy atom. The van der Waals surface area contributed by atoms with Gasteiger partial charge in [0.25, 0.3) is 0 Å². The fourth-order valence-corrected chi connectivity index (χ4v) is 3.54. The summed E-state index contributed by atoms with van der Waals surface area (Å²) in [7, 11) is 0. The van der Waals surface area contributed by atoms with Gasteiger partial charge in [0.05, 0.1) is 0 Å². The molecule has 22 heavy (non-hydrogen) atoms. The van der Waals surface area contributed by atoms with Crippen LogP contribution in [0.25, 0.3) is 11.1 Å².